The van der Waals surface area contributed by atoms with Gasteiger partial charge in [0.2, 0.25) is 0 Å². The second-order valence-corrected chi connectivity index (χ2v) is 3.22. The Kier molecular flexibility index (Phi) is 2.40. The summed E-state index contributed by atoms with van der Waals surface area (Å²) in [6.07, 6.45) is 2.74. The van der Waals surface area contributed by atoms with Gasteiger partial charge < -0.3 is 0 Å². The van der Waals surface area contributed by atoms with Gasteiger partial charge in [-0.3, -0.25) is 0 Å². The maximum absolute atomic E-state index is 9.12. The van der Waals surface area contributed by atoms with Gasteiger partial charge in [0.05, 0.1) is 0 Å². The minimum atomic E-state index is 0.274. The van der Waals surface area contributed by atoms with Gasteiger partial charge in [-0.25, -0.2) is 0 Å². The van der Waals surface area contributed by atoms with E-state index in [0.29, 0.717) is 0 Å². The third kappa shape index (κ3) is 1.71. The van der Waals surface area contributed by atoms with E-state index in [1.54, 1.807) is 18.4 Å². The zero-order valence-electron chi connectivity index (χ0n) is 8.03. The van der Waals surface area contributed by atoms with E-state index in [0.717, 1.165) is 17.6 Å². The Labute approximate surface area is 83.4 Å². The molecular formula is C11H11BO2. The number of phenols is 1. The number of hydrogen-bond acceptors (Lipinski definition) is 2. The first kappa shape index (κ1) is 9.07. The number of aryl methyl sites for hydroxylation is 1. The molecule has 0 aliphatic rings. The molecular weight excluding hydrogens is 175 g/mol. The van der Waals surface area contributed by atoms with E-state index < -0.39 is 0 Å². The summed E-state index contributed by atoms with van der Waals surface area (Å²) >= 11 is 0. The van der Waals surface area contributed by atoms with Gasteiger partial charge >= 0.3 is 82.7 Å². The molecule has 1 N–H and O–H groups in total. The Hall–Kier alpha value is -1.51. The first-order valence-electron chi connectivity index (χ1n) is 4.66. The van der Waals surface area contributed by atoms with Gasteiger partial charge in [0.25, 0.3) is 0 Å². The standard InChI is InChI=1S/C11H11BO2/c1-2-9-7-14-11(12-9)8-3-5-10(13)6-4-8/h3-7,13H,2H2,1H3. The van der Waals surface area contributed by atoms with Crippen molar-refractivity contribution in [1.82, 2.24) is 0 Å². The molecule has 2 nitrogen and oxygen atoms in total. The van der Waals surface area contributed by atoms with Crippen molar-refractivity contribution >= 4 is 6.91 Å². The molecule has 14 heavy (non-hydrogen) atoms. The van der Waals surface area contributed by atoms with Crippen molar-refractivity contribution in [3.05, 3.63) is 36.0 Å². The zero-order valence-corrected chi connectivity index (χ0v) is 8.03. The SMILES string of the molecule is CCc1bc(-c2ccc(O)cc2)oc1. The van der Waals surface area contributed by atoms with Crippen molar-refractivity contribution in [3.63, 3.8) is 0 Å². The van der Waals surface area contributed by atoms with E-state index >= 15 is 0 Å². The van der Waals surface area contributed by atoms with Crippen molar-refractivity contribution < 1.29 is 9.52 Å². The summed E-state index contributed by atoms with van der Waals surface area (Å²) in [7, 11) is 0. The Morgan fingerprint density at radius 2 is 2.00 bits per heavy atom. The quantitative estimate of drug-likeness (QED) is 0.781. The number of aromatic hydroxyl groups is 1. The van der Waals surface area contributed by atoms with Gasteiger partial charge in [-0.05, 0) is 0 Å². The third-order valence-electron chi connectivity index (χ3n) is 2.21. The van der Waals surface area contributed by atoms with E-state index in [4.69, 9.17) is 9.52 Å². The molecule has 0 atom stereocenters. The molecule has 0 radical (unpaired) electrons. The van der Waals surface area contributed by atoms with E-state index in [-0.39, 0.29) is 5.75 Å². The molecule has 2 rings (SSSR count). The Balaban J connectivity index is 2.34. The average molecular weight is 186 g/mol. The van der Waals surface area contributed by atoms with Crippen LogP contribution in [0.1, 0.15) is 12.4 Å². The number of rotatable bonds is 2. The van der Waals surface area contributed by atoms with Crippen LogP contribution in [0.25, 0.3) is 11.2 Å². The summed E-state index contributed by atoms with van der Waals surface area (Å²) in [4.78, 5) is 0. The molecule has 0 aliphatic heterocycles. The van der Waals surface area contributed by atoms with Crippen LogP contribution < -0.4 is 0 Å². The topological polar surface area (TPSA) is 33.4 Å². The fourth-order valence-corrected chi connectivity index (χ4v) is 1.34. The molecule has 0 spiro atoms. The molecule has 0 saturated carbocycles. The van der Waals surface area contributed by atoms with Crippen LogP contribution in [0.3, 0.4) is 0 Å². The van der Waals surface area contributed by atoms with E-state index in [9.17, 15) is 0 Å². The monoisotopic (exact) mass is 186 g/mol. The van der Waals surface area contributed by atoms with Gasteiger partial charge in [-0.2, -0.15) is 0 Å². The Morgan fingerprint density at radius 1 is 1.29 bits per heavy atom. The molecule has 1 heterocycles. The van der Waals surface area contributed by atoms with Crippen LogP contribution in [0, 0.1) is 0 Å². The molecule has 0 aliphatic carbocycles. The summed E-state index contributed by atoms with van der Waals surface area (Å²) in [6.45, 7) is 4.11. The molecule has 0 amide bonds. The van der Waals surface area contributed by atoms with Crippen LogP contribution in [0.15, 0.2) is 34.9 Å². The molecule has 1 aromatic carbocycles. The van der Waals surface area contributed by atoms with Gasteiger partial charge in [0.15, 0.2) is 0 Å². The molecule has 2 aromatic rings. The van der Waals surface area contributed by atoms with E-state index in [2.05, 4.69) is 6.92 Å². The molecule has 0 unspecified atom stereocenters. The second kappa shape index (κ2) is 3.70. The summed E-state index contributed by atoms with van der Waals surface area (Å²) in [5.41, 5.74) is 3.03. The average Bonchev–Trinajstić information content (AvgIpc) is 2.67. The Bertz CT molecular complexity index is 417. The van der Waals surface area contributed by atoms with Gasteiger partial charge in [-0.1, -0.05) is 0 Å². The van der Waals surface area contributed by atoms with Crippen molar-refractivity contribution in [1.29, 1.82) is 0 Å². The summed E-state index contributed by atoms with van der Waals surface area (Å²) in [5, 5.41) is 9.12. The first-order valence-corrected chi connectivity index (χ1v) is 4.66. The zero-order chi connectivity index (χ0) is 9.97. The first-order chi connectivity index (χ1) is 6.79. The number of hydrogen-bond donors (Lipinski definition) is 1. The van der Waals surface area contributed by atoms with Gasteiger partial charge in [-0.15, -0.1) is 0 Å². The second-order valence-electron chi connectivity index (χ2n) is 3.22. The summed E-state index contributed by atoms with van der Waals surface area (Å²) in [5.74, 6) is 0.274. The van der Waals surface area contributed by atoms with E-state index in [1.807, 2.05) is 19.0 Å². The van der Waals surface area contributed by atoms with Crippen LogP contribution >= 0.6 is 0 Å². The summed E-state index contributed by atoms with van der Waals surface area (Å²) < 4.78 is 5.40. The van der Waals surface area contributed by atoms with Crippen molar-refractivity contribution in [2.24, 2.45) is 0 Å². The predicted molar refractivity (Wildman–Crippen MR) is 56.5 cm³/mol. The van der Waals surface area contributed by atoms with Crippen LogP contribution in [0.2, 0.25) is 0 Å². The van der Waals surface area contributed by atoms with E-state index in [1.165, 1.54) is 5.46 Å². The third-order valence-corrected chi connectivity index (χ3v) is 2.21. The van der Waals surface area contributed by atoms with Gasteiger partial charge in [0.1, 0.15) is 0 Å². The molecule has 0 bridgehead atoms. The predicted octanol–water partition coefficient (Wildman–Crippen LogP) is 2.55. The number of phenolic OH excluding ortho intramolecular Hbond substituents is 1. The van der Waals surface area contributed by atoms with Crippen LogP contribution in [0.4, 0.5) is 0 Å². The summed E-state index contributed by atoms with van der Waals surface area (Å²) in [6, 6.07) is 6.99. The van der Waals surface area contributed by atoms with Gasteiger partial charge in [0, 0.05) is 0 Å². The molecule has 70 valence electrons. The fraction of sp³-hybridized carbons (Fsp3) is 0.182. The molecule has 0 saturated heterocycles. The van der Waals surface area contributed by atoms with Crippen LogP contribution in [-0.2, 0) is 6.42 Å². The van der Waals surface area contributed by atoms with Crippen LogP contribution in [0.5, 0.6) is 5.75 Å². The van der Waals surface area contributed by atoms with Crippen molar-refractivity contribution in [2.45, 2.75) is 13.3 Å². The molecule has 0 fully saturated rings. The normalized spacial score (nSPS) is 10.1. The van der Waals surface area contributed by atoms with Crippen LogP contribution in [-0.4, -0.2) is 12.0 Å². The fourth-order valence-electron chi connectivity index (χ4n) is 1.34. The maximum atomic E-state index is 9.12. The Morgan fingerprint density at radius 3 is 2.57 bits per heavy atom. The van der Waals surface area contributed by atoms with Crippen molar-refractivity contribution in [2.75, 3.05) is 0 Å². The van der Waals surface area contributed by atoms with Crippen molar-refractivity contribution in [3.8, 4) is 17.0 Å². The minimum absolute atomic E-state index is 0.274. The molecule has 1 aromatic heterocycles. The molecule has 3 heteroatoms. The number of benzene rings is 1.